The molecule has 18 heteroatoms. The molecule has 0 saturated heterocycles. The topological polar surface area (TPSA) is 146 Å². The van der Waals surface area contributed by atoms with Crippen LogP contribution < -0.4 is 16.0 Å². The van der Waals surface area contributed by atoms with E-state index in [0.29, 0.717) is 43.1 Å². The molecule has 0 unspecified atom stereocenters. The molecule has 4 aromatic carbocycles. The van der Waals surface area contributed by atoms with Crippen LogP contribution >= 0.6 is 23.2 Å². The number of halogens is 6. The van der Waals surface area contributed by atoms with Crippen molar-refractivity contribution in [1.29, 1.82) is 0 Å². The largest absolute Gasteiger partial charge is 0.351 e. The second kappa shape index (κ2) is 15.0. The summed E-state index contributed by atoms with van der Waals surface area (Å²) >= 11 is 11.9. The first-order valence-electron chi connectivity index (χ1n) is 16.0. The van der Waals surface area contributed by atoms with Crippen LogP contribution in [0.2, 0.25) is 10.0 Å². The van der Waals surface area contributed by atoms with Crippen molar-refractivity contribution >= 4 is 74.6 Å². The molecule has 55 heavy (non-hydrogen) atoms. The average molecular weight is 787 g/mol. The van der Waals surface area contributed by atoms with Gasteiger partial charge in [-0.2, -0.15) is 0 Å². The number of anilines is 4. The molecule has 2 amide bonds. The Morgan fingerprint density at radius 2 is 1.11 bits per heavy atom. The van der Waals surface area contributed by atoms with E-state index in [1.54, 1.807) is 78.1 Å². The molecule has 276 valence electrons. The van der Waals surface area contributed by atoms with E-state index in [1.165, 1.54) is 30.6 Å². The molecule has 0 atom stereocenters. The molecule has 0 aliphatic rings. The van der Waals surface area contributed by atoms with Crippen LogP contribution in [0.15, 0.2) is 97.6 Å². The minimum atomic E-state index is -1.12. The van der Waals surface area contributed by atoms with Crippen molar-refractivity contribution in [1.82, 2.24) is 39.0 Å². The van der Waals surface area contributed by atoms with Crippen LogP contribution in [-0.4, -0.2) is 45.1 Å². The first kappa shape index (κ1) is 36.7. The lowest BCUT2D eigenvalue weighted by Gasteiger charge is -2.21. The maximum atomic E-state index is 14.4. The van der Waals surface area contributed by atoms with Crippen LogP contribution in [0.5, 0.6) is 0 Å². The third kappa shape index (κ3) is 7.32. The summed E-state index contributed by atoms with van der Waals surface area (Å²) in [4.78, 5) is 39.0. The smallest absolute Gasteiger partial charge is 0.325 e. The van der Waals surface area contributed by atoms with Gasteiger partial charge < -0.3 is 20.2 Å². The van der Waals surface area contributed by atoms with Crippen molar-refractivity contribution in [2.45, 2.75) is 0 Å². The Hall–Kier alpha value is -6.65. The third-order valence-electron chi connectivity index (χ3n) is 8.11. The average Bonchev–Trinajstić information content (AvgIpc) is 3.73. The normalized spacial score (nSPS) is 11.1. The number of carbonyl (C=O) groups excluding carboxylic acids is 1. The summed E-state index contributed by atoms with van der Waals surface area (Å²) in [7, 11) is 3.47. The fraction of sp³-hybridized carbons (Fsp3) is 0.0541. The third-order valence-corrected chi connectivity index (χ3v) is 8.61. The van der Waals surface area contributed by atoms with E-state index >= 15 is 0 Å². The number of fused-ring (bicyclic) bond motifs is 2. The summed E-state index contributed by atoms with van der Waals surface area (Å²) in [6.45, 7) is 0. The van der Waals surface area contributed by atoms with Gasteiger partial charge in [-0.25, -0.2) is 57.2 Å². The lowest BCUT2D eigenvalue weighted by atomic mass is 10.2. The Labute approximate surface area is 318 Å². The summed E-state index contributed by atoms with van der Waals surface area (Å²) in [5, 5.41) is 3.82. The van der Waals surface area contributed by atoms with E-state index in [1.807, 2.05) is 0 Å². The Morgan fingerprint density at radius 3 is 1.62 bits per heavy atom. The van der Waals surface area contributed by atoms with Crippen LogP contribution in [0, 0.1) is 23.3 Å². The van der Waals surface area contributed by atoms with Crippen molar-refractivity contribution in [2.24, 2.45) is 19.8 Å². The van der Waals surface area contributed by atoms with Gasteiger partial charge in [0.25, 0.3) is 0 Å². The van der Waals surface area contributed by atoms with Gasteiger partial charge in [-0.15, -0.1) is 0 Å². The monoisotopic (exact) mass is 785 g/mol. The number of urea groups is 1. The number of para-hydroxylation sites is 2. The summed E-state index contributed by atoms with van der Waals surface area (Å²) in [5.74, 6) is -2.73. The van der Waals surface area contributed by atoms with E-state index < -0.39 is 35.0 Å². The van der Waals surface area contributed by atoms with Crippen LogP contribution in [0.3, 0.4) is 0 Å². The summed E-state index contributed by atoms with van der Waals surface area (Å²) < 4.78 is 60.2. The zero-order chi connectivity index (χ0) is 39.0. The van der Waals surface area contributed by atoms with Crippen LogP contribution in [-0.2, 0) is 14.1 Å². The Bertz CT molecular complexity index is 2680. The molecule has 0 radical (unpaired) electrons. The van der Waals surface area contributed by atoms with Gasteiger partial charge in [-0.3, -0.25) is 0 Å². The highest BCUT2D eigenvalue weighted by molar-refractivity contribution is 6.31. The highest BCUT2D eigenvalue weighted by Crippen LogP contribution is 2.35. The van der Waals surface area contributed by atoms with Gasteiger partial charge in [0.1, 0.15) is 34.6 Å². The van der Waals surface area contributed by atoms with Gasteiger partial charge in [-0.1, -0.05) is 35.3 Å². The molecule has 0 aliphatic heterocycles. The van der Waals surface area contributed by atoms with E-state index in [-0.39, 0.29) is 28.7 Å². The maximum absolute atomic E-state index is 14.4. The maximum Gasteiger partial charge on any atom is 0.325 e. The first-order chi connectivity index (χ1) is 26.4. The molecular weight excluding hydrogens is 761 g/mol. The number of amides is 2. The number of aromatic nitrogens is 8. The molecule has 3 N–H and O–H groups in total. The fourth-order valence-corrected chi connectivity index (χ4v) is 5.71. The molecule has 0 aliphatic carbocycles. The molecule has 4 aromatic heterocycles. The van der Waals surface area contributed by atoms with Crippen molar-refractivity contribution in [3.63, 3.8) is 0 Å². The Balaban J connectivity index is 0.000000170. The minimum Gasteiger partial charge on any atom is -0.351 e. The van der Waals surface area contributed by atoms with Crippen LogP contribution in [0.25, 0.3) is 45.1 Å². The summed E-state index contributed by atoms with van der Waals surface area (Å²) in [6, 6.07) is 19.4. The number of hydrogen-bond acceptors (Lipinski definition) is 8. The molecular formula is C37H25Cl2F4N11O. The number of nitrogens with one attached hydrogen (secondary N) is 1. The quantitative estimate of drug-likeness (QED) is 0.159. The van der Waals surface area contributed by atoms with E-state index in [4.69, 9.17) is 28.9 Å². The minimum absolute atomic E-state index is 0.142. The molecule has 8 rings (SSSR count). The van der Waals surface area contributed by atoms with E-state index in [0.717, 1.165) is 17.7 Å². The fourth-order valence-electron chi connectivity index (χ4n) is 5.46. The van der Waals surface area contributed by atoms with Crippen molar-refractivity contribution in [2.75, 3.05) is 10.2 Å². The highest BCUT2D eigenvalue weighted by Gasteiger charge is 2.28. The zero-order valence-electron chi connectivity index (χ0n) is 28.5. The SMILES string of the molecule is Cn1cnc2c(N(C(N)=O)c3c(F)cccc3F)nc(-c3ccc(Cl)cc3)nc21.Cn1cnc2c(Nc3c(F)cccc3F)nc(-c3ccc(Cl)cc3)nc21. The van der Waals surface area contributed by atoms with Gasteiger partial charge in [0.2, 0.25) is 0 Å². The van der Waals surface area contributed by atoms with Gasteiger partial charge in [0.15, 0.2) is 45.6 Å². The number of primary amides is 1. The van der Waals surface area contributed by atoms with Gasteiger partial charge in [0.05, 0.1) is 12.7 Å². The summed E-state index contributed by atoms with van der Waals surface area (Å²) in [6.07, 6.45) is 3.01. The van der Waals surface area contributed by atoms with E-state index in [2.05, 4.69) is 35.2 Å². The molecule has 0 spiro atoms. The van der Waals surface area contributed by atoms with Gasteiger partial charge in [-0.05, 0) is 72.8 Å². The van der Waals surface area contributed by atoms with E-state index in [9.17, 15) is 22.4 Å². The Morgan fingerprint density at radius 1 is 0.655 bits per heavy atom. The number of nitrogens with zero attached hydrogens (tertiary/aromatic N) is 9. The molecule has 0 bridgehead atoms. The lowest BCUT2D eigenvalue weighted by Crippen LogP contribution is -2.34. The van der Waals surface area contributed by atoms with Crippen molar-refractivity contribution < 1.29 is 22.4 Å². The lowest BCUT2D eigenvalue weighted by molar-refractivity contribution is 0.255. The number of imidazole rings is 2. The molecule has 0 fully saturated rings. The standard InChI is InChI=1S/C19H13ClF2N6O.C18H12ClF2N5/c1-27-9-24-14-17(27)25-16(10-5-7-11(20)8-6-10)26-18(14)28(19(23)29)15-12(21)3-2-4-13(15)22;1-26-9-22-15-17(23-14-12(20)3-2-4-13(14)21)24-16(25-18(15)26)10-5-7-11(19)8-6-10/h2-9H,1H3,(H2,23,29);2-9H,1H3,(H,23,24,25). The molecule has 8 aromatic rings. The van der Waals surface area contributed by atoms with Crippen molar-refractivity contribution in [3.8, 4) is 22.8 Å². The number of benzene rings is 4. The molecule has 12 nitrogen and oxygen atoms in total. The number of aryl methyl sites for hydroxylation is 2. The van der Waals surface area contributed by atoms with Crippen LogP contribution in [0.1, 0.15) is 0 Å². The molecule has 0 saturated carbocycles. The summed E-state index contributed by atoms with van der Waals surface area (Å²) in [5.41, 5.74) is 7.30. The second-order valence-corrected chi connectivity index (χ2v) is 12.7. The predicted octanol–water partition coefficient (Wildman–Crippen LogP) is 8.88. The van der Waals surface area contributed by atoms with Gasteiger partial charge in [0, 0.05) is 35.3 Å². The van der Waals surface area contributed by atoms with Gasteiger partial charge >= 0.3 is 6.03 Å². The molecule has 4 heterocycles. The predicted molar refractivity (Wildman–Crippen MR) is 201 cm³/mol. The van der Waals surface area contributed by atoms with Crippen molar-refractivity contribution in [3.05, 3.63) is 131 Å². The number of nitrogens with two attached hydrogens (primary N) is 1. The number of carbonyl (C=O) groups is 1. The zero-order valence-corrected chi connectivity index (χ0v) is 30.0. The second-order valence-electron chi connectivity index (χ2n) is 11.8. The number of rotatable bonds is 6. The van der Waals surface area contributed by atoms with Crippen LogP contribution in [0.4, 0.5) is 45.4 Å². The first-order valence-corrected chi connectivity index (χ1v) is 16.8. The highest BCUT2D eigenvalue weighted by atomic mass is 35.5. The number of hydrogen-bond donors (Lipinski definition) is 2. The Kier molecular flexibility index (Phi) is 10.0.